The highest BCUT2D eigenvalue weighted by Crippen LogP contribution is 2.51. The van der Waals surface area contributed by atoms with E-state index in [1.165, 1.54) is 0 Å². The van der Waals surface area contributed by atoms with Gasteiger partial charge in [-0.25, -0.2) is 4.39 Å². The van der Waals surface area contributed by atoms with Gasteiger partial charge in [-0.3, -0.25) is 15.1 Å². The molecule has 134 valence electrons. The number of nitrogens with two attached hydrogens (primary N) is 1. The number of hydrogen-bond donors (Lipinski definition) is 2. The molecule has 4 nitrogen and oxygen atoms in total. The van der Waals surface area contributed by atoms with Gasteiger partial charge in [0.05, 0.1) is 11.8 Å². The Morgan fingerprint density at radius 2 is 2.00 bits per heavy atom. The molecule has 3 rings (SSSR count). The molecule has 7 atom stereocenters. The highest BCUT2D eigenvalue weighted by molar-refractivity contribution is 5.16. The van der Waals surface area contributed by atoms with Gasteiger partial charge in [0, 0.05) is 18.1 Å². The minimum atomic E-state index is -0.683. The summed E-state index contributed by atoms with van der Waals surface area (Å²) in [5, 5.41) is 3.56. The SMILES string of the molecule is C[C@@H](F)[C@H]1C[C@H]1[C@H]1N[C@@H]1N(C)[C@](C)(N)C1(C)CC(C)(C)CN1C. The minimum absolute atomic E-state index is 0.0730. The second-order valence-corrected chi connectivity index (χ2v) is 9.61. The number of hydrogen-bond acceptors (Lipinski definition) is 4. The lowest BCUT2D eigenvalue weighted by Gasteiger charge is -2.51. The Bertz CT molecular complexity index is 478. The van der Waals surface area contributed by atoms with Crippen LogP contribution in [0.5, 0.6) is 0 Å². The Hall–Kier alpha value is -0.230. The average Bonchev–Trinajstić information content (AvgIpc) is 3.26. The average molecular weight is 327 g/mol. The van der Waals surface area contributed by atoms with E-state index in [2.05, 4.69) is 56.9 Å². The van der Waals surface area contributed by atoms with Crippen molar-refractivity contribution in [3.8, 4) is 0 Å². The Kier molecular flexibility index (Phi) is 3.93. The molecule has 0 bridgehead atoms. The molecule has 5 heteroatoms. The molecule has 2 heterocycles. The van der Waals surface area contributed by atoms with Crippen LogP contribution < -0.4 is 11.1 Å². The van der Waals surface area contributed by atoms with Crippen molar-refractivity contribution >= 4 is 0 Å². The lowest BCUT2D eigenvalue weighted by atomic mass is 9.77. The van der Waals surface area contributed by atoms with E-state index in [9.17, 15) is 4.39 Å². The summed E-state index contributed by atoms with van der Waals surface area (Å²) in [6.07, 6.45) is 1.70. The summed E-state index contributed by atoms with van der Waals surface area (Å²) in [6.45, 7) is 11.8. The molecule has 0 radical (unpaired) electrons. The largest absolute Gasteiger partial charge is 0.312 e. The number of alkyl halides is 1. The summed E-state index contributed by atoms with van der Waals surface area (Å²) < 4.78 is 13.5. The molecule has 0 amide bonds. The lowest BCUT2D eigenvalue weighted by Crippen LogP contribution is -2.70. The number of likely N-dealkylation sites (N-methyl/N-ethyl adjacent to an activating group) is 2. The van der Waals surface area contributed by atoms with Crippen molar-refractivity contribution in [2.45, 2.75) is 77.0 Å². The number of nitrogens with one attached hydrogen (secondary N) is 1. The number of likely N-dealkylation sites (tertiary alicyclic amines) is 1. The molecule has 0 aromatic carbocycles. The van der Waals surface area contributed by atoms with E-state index in [4.69, 9.17) is 5.73 Å². The van der Waals surface area contributed by atoms with Crippen molar-refractivity contribution in [3.05, 3.63) is 0 Å². The maximum Gasteiger partial charge on any atom is 0.100 e. The molecule has 2 saturated heterocycles. The van der Waals surface area contributed by atoms with Crippen LogP contribution >= 0.6 is 0 Å². The van der Waals surface area contributed by atoms with Crippen LogP contribution in [0.2, 0.25) is 0 Å². The normalized spacial score (nSPS) is 46.7. The molecule has 1 saturated carbocycles. The second-order valence-electron chi connectivity index (χ2n) is 9.61. The fourth-order valence-electron chi connectivity index (χ4n) is 5.20. The van der Waals surface area contributed by atoms with E-state index >= 15 is 0 Å². The third-order valence-corrected chi connectivity index (χ3v) is 7.11. The van der Waals surface area contributed by atoms with Crippen LogP contribution in [-0.4, -0.2) is 60.0 Å². The van der Waals surface area contributed by atoms with Gasteiger partial charge >= 0.3 is 0 Å². The Balaban J connectivity index is 1.69. The van der Waals surface area contributed by atoms with E-state index in [0.717, 1.165) is 19.4 Å². The highest BCUT2D eigenvalue weighted by Gasteiger charge is 2.62. The molecule has 3 N–H and O–H groups in total. The van der Waals surface area contributed by atoms with Gasteiger partial charge in [-0.2, -0.15) is 0 Å². The quantitative estimate of drug-likeness (QED) is 0.599. The second kappa shape index (κ2) is 5.13. The summed E-state index contributed by atoms with van der Waals surface area (Å²) in [4.78, 5) is 4.72. The van der Waals surface area contributed by atoms with Crippen LogP contribution in [0.1, 0.15) is 47.5 Å². The van der Waals surface area contributed by atoms with Crippen molar-refractivity contribution in [3.63, 3.8) is 0 Å². The molecule has 3 fully saturated rings. The first kappa shape index (κ1) is 17.6. The number of nitrogens with zero attached hydrogens (tertiary/aromatic N) is 2. The van der Waals surface area contributed by atoms with Crippen LogP contribution in [0.15, 0.2) is 0 Å². The van der Waals surface area contributed by atoms with E-state index < -0.39 is 11.8 Å². The monoisotopic (exact) mass is 326 g/mol. The Morgan fingerprint density at radius 1 is 1.39 bits per heavy atom. The van der Waals surface area contributed by atoms with Crippen LogP contribution in [-0.2, 0) is 0 Å². The van der Waals surface area contributed by atoms with Crippen LogP contribution in [0.4, 0.5) is 4.39 Å². The van der Waals surface area contributed by atoms with Gasteiger partial charge in [0.25, 0.3) is 0 Å². The van der Waals surface area contributed by atoms with E-state index in [1.807, 2.05) is 0 Å². The van der Waals surface area contributed by atoms with Gasteiger partial charge in [0.1, 0.15) is 6.17 Å². The molecular weight excluding hydrogens is 291 g/mol. The van der Waals surface area contributed by atoms with Crippen molar-refractivity contribution in [2.75, 3.05) is 20.6 Å². The topological polar surface area (TPSA) is 54.4 Å². The molecule has 0 aromatic rings. The maximum atomic E-state index is 13.5. The summed E-state index contributed by atoms with van der Waals surface area (Å²) in [7, 11) is 4.31. The first-order chi connectivity index (χ1) is 10.4. The van der Waals surface area contributed by atoms with Crippen LogP contribution in [0.25, 0.3) is 0 Å². The van der Waals surface area contributed by atoms with E-state index in [-0.39, 0.29) is 23.0 Å². The van der Waals surface area contributed by atoms with Crippen molar-refractivity contribution < 1.29 is 4.39 Å². The van der Waals surface area contributed by atoms with E-state index in [0.29, 0.717) is 12.0 Å². The van der Waals surface area contributed by atoms with Crippen molar-refractivity contribution in [2.24, 2.45) is 23.0 Å². The molecule has 1 aliphatic carbocycles. The zero-order valence-corrected chi connectivity index (χ0v) is 15.9. The number of rotatable bonds is 5. The van der Waals surface area contributed by atoms with Crippen molar-refractivity contribution in [1.29, 1.82) is 0 Å². The van der Waals surface area contributed by atoms with Crippen molar-refractivity contribution in [1.82, 2.24) is 15.1 Å². The summed E-state index contributed by atoms with van der Waals surface area (Å²) in [5.74, 6) is 0.738. The maximum absolute atomic E-state index is 13.5. The van der Waals surface area contributed by atoms with Gasteiger partial charge in [0.15, 0.2) is 0 Å². The Morgan fingerprint density at radius 3 is 2.43 bits per heavy atom. The lowest BCUT2D eigenvalue weighted by molar-refractivity contribution is -0.0164. The molecule has 0 aromatic heterocycles. The third kappa shape index (κ3) is 2.74. The first-order valence-electron chi connectivity index (χ1n) is 9.04. The zero-order valence-electron chi connectivity index (χ0n) is 15.9. The predicted octanol–water partition coefficient (Wildman–Crippen LogP) is 2.01. The van der Waals surface area contributed by atoms with Gasteiger partial charge in [-0.1, -0.05) is 13.8 Å². The fourth-order valence-corrected chi connectivity index (χ4v) is 5.20. The summed E-state index contributed by atoms with van der Waals surface area (Å²) in [6, 6.07) is 0.411. The smallest absolute Gasteiger partial charge is 0.100 e. The third-order valence-electron chi connectivity index (χ3n) is 7.11. The van der Waals surface area contributed by atoms with Crippen LogP contribution in [0, 0.1) is 17.3 Å². The number of halogens is 1. The molecule has 1 unspecified atom stereocenters. The Labute approximate surface area is 141 Å². The molecule has 0 spiro atoms. The molecular formula is C18H35FN4. The van der Waals surface area contributed by atoms with Gasteiger partial charge in [0.2, 0.25) is 0 Å². The van der Waals surface area contributed by atoms with Gasteiger partial charge < -0.3 is 5.73 Å². The standard InChI is InChI=1S/C18H35FN4/c1-11(19)12-8-13(12)14-15(21-14)23(7)18(5,20)17(4)9-16(2,3)10-22(17)6/h11-15,21H,8-10,20H2,1-7H3/t11-,12-,13-,14-,15-,17?,18+/m1/s1. The fraction of sp³-hybridized carbons (Fsp3) is 1.00. The minimum Gasteiger partial charge on any atom is -0.312 e. The van der Waals surface area contributed by atoms with Crippen LogP contribution in [0.3, 0.4) is 0 Å². The molecule has 23 heavy (non-hydrogen) atoms. The first-order valence-corrected chi connectivity index (χ1v) is 9.04. The zero-order chi connectivity index (χ0) is 17.4. The summed E-state index contributed by atoms with van der Waals surface area (Å²) in [5.41, 5.74) is 6.67. The summed E-state index contributed by atoms with van der Waals surface area (Å²) >= 11 is 0. The highest BCUT2D eigenvalue weighted by atomic mass is 19.1. The van der Waals surface area contributed by atoms with E-state index in [1.54, 1.807) is 6.92 Å². The predicted molar refractivity (Wildman–Crippen MR) is 92.7 cm³/mol. The van der Waals surface area contributed by atoms with Gasteiger partial charge in [-0.05, 0) is 65.0 Å². The van der Waals surface area contributed by atoms with Gasteiger partial charge in [-0.15, -0.1) is 0 Å². The molecule has 2 aliphatic heterocycles. The molecule has 3 aliphatic rings.